The van der Waals surface area contributed by atoms with Crippen LogP contribution in [0.4, 0.5) is 0 Å². The molecule has 0 radical (unpaired) electrons. The number of amides is 1. The Balaban J connectivity index is 2.32. The molecule has 0 saturated carbocycles. The molecule has 0 aromatic carbocycles. The summed E-state index contributed by atoms with van der Waals surface area (Å²) in [6.45, 7) is 3.06. The Morgan fingerprint density at radius 3 is 2.86 bits per heavy atom. The Morgan fingerprint density at radius 1 is 1.79 bits per heavy atom. The molecule has 1 heterocycles. The zero-order valence-electron chi connectivity index (χ0n) is 8.69. The van der Waals surface area contributed by atoms with Gasteiger partial charge in [0, 0.05) is 33.2 Å². The minimum atomic E-state index is -0.883. The van der Waals surface area contributed by atoms with Crippen molar-refractivity contribution < 1.29 is 14.6 Å². The van der Waals surface area contributed by atoms with E-state index in [0.29, 0.717) is 26.1 Å². The topological polar surface area (TPSA) is 75.8 Å². The van der Waals surface area contributed by atoms with E-state index in [2.05, 4.69) is 0 Å². The molecule has 1 aliphatic rings. The number of ether oxygens (including phenoxy) is 1. The number of hydrogen-bond acceptors (Lipinski definition) is 4. The van der Waals surface area contributed by atoms with Crippen molar-refractivity contribution in [3.63, 3.8) is 0 Å². The van der Waals surface area contributed by atoms with Crippen LogP contribution in [0.3, 0.4) is 0 Å². The maximum absolute atomic E-state index is 11.2. The van der Waals surface area contributed by atoms with Crippen molar-refractivity contribution in [1.82, 2.24) is 4.90 Å². The van der Waals surface area contributed by atoms with Gasteiger partial charge in [-0.3, -0.25) is 4.79 Å². The van der Waals surface area contributed by atoms with E-state index in [1.165, 1.54) is 0 Å². The molecule has 5 heteroatoms. The van der Waals surface area contributed by atoms with E-state index in [0.717, 1.165) is 0 Å². The molecule has 0 aliphatic carbocycles. The van der Waals surface area contributed by atoms with Gasteiger partial charge in [0.2, 0.25) is 5.91 Å². The lowest BCUT2D eigenvalue weighted by Crippen LogP contribution is -2.63. The summed E-state index contributed by atoms with van der Waals surface area (Å²) < 4.78 is 4.87. The van der Waals surface area contributed by atoms with Gasteiger partial charge in [0.1, 0.15) is 6.04 Å². The highest BCUT2D eigenvalue weighted by Crippen LogP contribution is 2.16. The van der Waals surface area contributed by atoms with E-state index in [1.807, 2.05) is 0 Å². The number of β-lactam (4-membered cyclic amide) rings is 1. The summed E-state index contributed by atoms with van der Waals surface area (Å²) in [5.41, 5.74) is 4.55. The number of carbonyl (C=O) groups is 1. The smallest absolute Gasteiger partial charge is 0.241 e. The van der Waals surface area contributed by atoms with Crippen LogP contribution >= 0.6 is 0 Å². The van der Waals surface area contributed by atoms with E-state index >= 15 is 0 Å². The molecule has 1 fully saturated rings. The van der Waals surface area contributed by atoms with E-state index in [9.17, 15) is 9.90 Å². The van der Waals surface area contributed by atoms with Crippen LogP contribution in [0.25, 0.3) is 0 Å². The molecular weight excluding hydrogens is 184 g/mol. The molecule has 1 amide bonds. The second-order valence-corrected chi connectivity index (χ2v) is 4.06. The van der Waals surface area contributed by atoms with Crippen molar-refractivity contribution in [3.05, 3.63) is 0 Å². The summed E-state index contributed by atoms with van der Waals surface area (Å²) in [7, 11) is 1.58. The highest BCUT2D eigenvalue weighted by molar-refractivity contribution is 5.87. The summed E-state index contributed by atoms with van der Waals surface area (Å²) in [6.07, 6.45) is 0.516. The summed E-state index contributed by atoms with van der Waals surface area (Å²) in [5.74, 6) is -0.0808. The standard InChI is InChI=1S/C9H18N2O3/c1-9(13,3-4-14-2)6-11-5-7(10)8(11)12/h7,13H,3-6,10H2,1-2H3. The molecule has 82 valence electrons. The Bertz CT molecular complexity index is 218. The number of rotatable bonds is 5. The molecule has 1 aliphatic heterocycles. The van der Waals surface area contributed by atoms with Gasteiger partial charge in [-0.25, -0.2) is 0 Å². The van der Waals surface area contributed by atoms with Crippen molar-refractivity contribution in [1.29, 1.82) is 0 Å². The zero-order chi connectivity index (χ0) is 10.8. The van der Waals surface area contributed by atoms with Crippen LogP contribution in [0, 0.1) is 0 Å². The fraction of sp³-hybridized carbons (Fsp3) is 0.889. The van der Waals surface area contributed by atoms with Gasteiger partial charge in [0.25, 0.3) is 0 Å². The fourth-order valence-electron chi connectivity index (χ4n) is 1.48. The molecule has 5 nitrogen and oxygen atoms in total. The van der Waals surface area contributed by atoms with Crippen LogP contribution in [0.1, 0.15) is 13.3 Å². The fourth-order valence-corrected chi connectivity index (χ4v) is 1.48. The normalized spacial score (nSPS) is 25.9. The van der Waals surface area contributed by atoms with Crippen molar-refractivity contribution in [2.45, 2.75) is 25.0 Å². The molecule has 1 saturated heterocycles. The third kappa shape index (κ3) is 2.67. The third-order valence-corrected chi connectivity index (χ3v) is 2.42. The van der Waals surface area contributed by atoms with Crippen molar-refractivity contribution in [2.75, 3.05) is 26.8 Å². The minimum absolute atomic E-state index is 0.0808. The lowest BCUT2D eigenvalue weighted by molar-refractivity contribution is -0.147. The van der Waals surface area contributed by atoms with Crippen molar-refractivity contribution in [3.8, 4) is 0 Å². The van der Waals surface area contributed by atoms with Crippen LogP contribution in [0.5, 0.6) is 0 Å². The van der Waals surface area contributed by atoms with Crippen LogP contribution in [0.2, 0.25) is 0 Å². The Kier molecular flexibility index (Phi) is 3.47. The number of nitrogens with two attached hydrogens (primary N) is 1. The second-order valence-electron chi connectivity index (χ2n) is 4.06. The largest absolute Gasteiger partial charge is 0.388 e. The van der Waals surface area contributed by atoms with Crippen LogP contribution in [0.15, 0.2) is 0 Å². The van der Waals surface area contributed by atoms with Crippen LogP contribution in [-0.2, 0) is 9.53 Å². The molecule has 2 unspecified atom stereocenters. The number of nitrogens with zero attached hydrogens (tertiary/aromatic N) is 1. The highest BCUT2D eigenvalue weighted by atomic mass is 16.5. The van der Waals surface area contributed by atoms with Gasteiger partial charge >= 0.3 is 0 Å². The number of hydrogen-bond donors (Lipinski definition) is 2. The molecule has 0 aromatic rings. The summed E-state index contributed by atoms with van der Waals surface area (Å²) in [4.78, 5) is 12.7. The lowest BCUT2D eigenvalue weighted by atomic mass is 9.98. The zero-order valence-corrected chi connectivity index (χ0v) is 8.69. The van der Waals surface area contributed by atoms with Gasteiger partial charge in [-0.1, -0.05) is 0 Å². The Hall–Kier alpha value is -0.650. The summed E-state index contributed by atoms with van der Waals surface area (Å²) >= 11 is 0. The summed E-state index contributed by atoms with van der Waals surface area (Å²) in [6, 6.07) is -0.367. The van der Waals surface area contributed by atoms with Crippen LogP contribution < -0.4 is 5.73 Å². The van der Waals surface area contributed by atoms with Gasteiger partial charge in [0.15, 0.2) is 0 Å². The van der Waals surface area contributed by atoms with Gasteiger partial charge in [-0.05, 0) is 6.92 Å². The molecular formula is C9H18N2O3. The average Bonchev–Trinajstić information content (AvgIpc) is 2.14. The molecule has 3 N–H and O–H groups in total. The number of carbonyl (C=O) groups excluding carboxylic acids is 1. The van der Waals surface area contributed by atoms with Gasteiger partial charge in [-0.2, -0.15) is 0 Å². The lowest BCUT2D eigenvalue weighted by Gasteiger charge is -2.40. The quantitative estimate of drug-likeness (QED) is 0.557. The predicted octanol–water partition coefficient (Wildman–Crippen LogP) is -1.06. The van der Waals surface area contributed by atoms with E-state index in [1.54, 1.807) is 18.9 Å². The second kappa shape index (κ2) is 4.25. The van der Waals surface area contributed by atoms with Crippen LogP contribution in [-0.4, -0.2) is 54.4 Å². The predicted molar refractivity (Wildman–Crippen MR) is 51.7 cm³/mol. The molecule has 0 spiro atoms. The number of likely N-dealkylation sites (tertiary alicyclic amines) is 1. The first-order chi connectivity index (χ1) is 6.46. The minimum Gasteiger partial charge on any atom is -0.388 e. The van der Waals surface area contributed by atoms with Gasteiger partial charge < -0.3 is 20.5 Å². The van der Waals surface area contributed by atoms with Crippen molar-refractivity contribution >= 4 is 5.91 Å². The van der Waals surface area contributed by atoms with Gasteiger partial charge in [0.05, 0.1) is 5.60 Å². The number of β-amino-alcohol motifs (C(OH)–C–C–N with tert-alkyl or cyclic N) is 1. The van der Waals surface area contributed by atoms with E-state index in [4.69, 9.17) is 10.5 Å². The first-order valence-electron chi connectivity index (χ1n) is 4.72. The maximum atomic E-state index is 11.2. The number of aliphatic hydroxyl groups is 1. The molecule has 14 heavy (non-hydrogen) atoms. The van der Waals surface area contributed by atoms with Gasteiger partial charge in [-0.15, -0.1) is 0 Å². The molecule has 0 bridgehead atoms. The molecule has 0 aromatic heterocycles. The van der Waals surface area contributed by atoms with E-state index in [-0.39, 0.29) is 11.9 Å². The first kappa shape index (κ1) is 11.4. The van der Waals surface area contributed by atoms with E-state index < -0.39 is 5.60 Å². The average molecular weight is 202 g/mol. The third-order valence-electron chi connectivity index (χ3n) is 2.42. The highest BCUT2D eigenvalue weighted by Gasteiger charge is 2.37. The maximum Gasteiger partial charge on any atom is 0.241 e. The molecule has 1 rings (SSSR count). The Labute approximate surface area is 83.8 Å². The Morgan fingerprint density at radius 2 is 2.43 bits per heavy atom. The molecule has 2 atom stereocenters. The summed E-state index contributed by atoms with van der Waals surface area (Å²) in [5, 5.41) is 9.87. The SMILES string of the molecule is COCCC(C)(O)CN1CC(N)C1=O. The monoisotopic (exact) mass is 202 g/mol. The first-order valence-corrected chi connectivity index (χ1v) is 4.72. The van der Waals surface area contributed by atoms with Crippen molar-refractivity contribution in [2.24, 2.45) is 5.73 Å². The number of methoxy groups -OCH3 is 1.